The van der Waals surface area contributed by atoms with E-state index in [-0.39, 0.29) is 6.23 Å². The number of hydrogen-bond donors (Lipinski definition) is 1. The van der Waals surface area contributed by atoms with Gasteiger partial charge in [-0.2, -0.15) is 10.2 Å². The second-order valence-corrected chi connectivity index (χ2v) is 7.64. The molecule has 3 aromatic heterocycles. The van der Waals surface area contributed by atoms with Crippen LogP contribution in [-0.4, -0.2) is 31.0 Å². The maximum absolute atomic E-state index is 6.56. The maximum atomic E-state index is 6.56. The Labute approximate surface area is 167 Å². The van der Waals surface area contributed by atoms with Crippen molar-refractivity contribution in [3.8, 4) is 0 Å². The molecule has 4 heterocycles. The van der Waals surface area contributed by atoms with Crippen LogP contribution in [-0.2, 0) is 4.74 Å². The van der Waals surface area contributed by atoms with Crippen LogP contribution in [0, 0.1) is 13.8 Å². The Bertz CT molecular complexity index is 1170. The second-order valence-electron chi connectivity index (χ2n) is 7.23. The number of aromatic nitrogens is 5. The maximum Gasteiger partial charge on any atom is 0.180 e. The van der Waals surface area contributed by atoms with Gasteiger partial charge in [0.1, 0.15) is 12.0 Å². The molecule has 0 saturated carbocycles. The number of pyridine rings is 1. The molecule has 0 aliphatic carbocycles. The van der Waals surface area contributed by atoms with E-state index < -0.39 is 0 Å². The van der Waals surface area contributed by atoms with Gasteiger partial charge in [-0.05, 0) is 50.8 Å². The lowest BCUT2D eigenvalue weighted by molar-refractivity contribution is -0.0366. The van der Waals surface area contributed by atoms with Crippen molar-refractivity contribution in [2.75, 3.05) is 11.9 Å². The summed E-state index contributed by atoms with van der Waals surface area (Å²) in [4.78, 5) is 4.39. The van der Waals surface area contributed by atoms with Gasteiger partial charge in [0, 0.05) is 17.7 Å². The fourth-order valence-corrected chi connectivity index (χ4v) is 4.17. The molecule has 5 rings (SSSR count). The van der Waals surface area contributed by atoms with E-state index in [1.54, 1.807) is 4.52 Å². The lowest BCUT2D eigenvalue weighted by Gasteiger charge is -2.23. The lowest BCUT2D eigenvalue weighted by Crippen LogP contribution is -2.18. The Morgan fingerprint density at radius 3 is 2.89 bits per heavy atom. The highest BCUT2D eigenvalue weighted by atomic mass is 35.5. The van der Waals surface area contributed by atoms with Gasteiger partial charge in [-0.3, -0.25) is 0 Å². The number of nitrogens with one attached hydrogen (secondary N) is 1. The number of ether oxygens (including phenoxy) is 1. The Balaban J connectivity index is 1.63. The molecule has 1 atom stereocenters. The second kappa shape index (κ2) is 6.76. The number of fused-ring (bicyclic) bond motifs is 2. The monoisotopic (exact) mass is 396 g/mol. The van der Waals surface area contributed by atoms with E-state index in [0.29, 0.717) is 10.7 Å². The first-order valence-corrected chi connectivity index (χ1v) is 9.85. The third-order valence-corrected chi connectivity index (χ3v) is 5.65. The molecule has 4 aromatic rings. The molecular formula is C20H21ClN6O. The molecule has 1 saturated heterocycles. The van der Waals surface area contributed by atoms with Crippen LogP contribution < -0.4 is 5.32 Å². The van der Waals surface area contributed by atoms with Crippen molar-refractivity contribution in [1.29, 1.82) is 0 Å². The Morgan fingerprint density at radius 2 is 2.07 bits per heavy atom. The van der Waals surface area contributed by atoms with Gasteiger partial charge in [0.25, 0.3) is 0 Å². The van der Waals surface area contributed by atoms with Gasteiger partial charge in [-0.1, -0.05) is 17.7 Å². The van der Waals surface area contributed by atoms with Gasteiger partial charge in [-0.25, -0.2) is 14.2 Å². The van der Waals surface area contributed by atoms with Gasteiger partial charge >= 0.3 is 0 Å². The molecule has 0 amide bonds. The quantitative estimate of drug-likeness (QED) is 0.539. The van der Waals surface area contributed by atoms with Gasteiger partial charge < -0.3 is 10.1 Å². The molecule has 8 heteroatoms. The summed E-state index contributed by atoms with van der Waals surface area (Å²) < 4.78 is 9.71. The fourth-order valence-electron chi connectivity index (χ4n) is 3.88. The predicted octanol–water partition coefficient (Wildman–Crippen LogP) is 4.79. The molecule has 1 fully saturated rings. The molecule has 1 unspecified atom stereocenters. The molecular weight excluding hydrogens is 376 g/mol. The summed E-state index contributed by atoms with van der Waals surface area (Å²) >= 11 is 6.56. The van der Waals surface area contributed by atoms with Crippen LogP contribution >= 0.6 is 11.6 Å². The Morgan fingerprint density at radius 1 is 1.18 bits per heavy atom. The van der Waals surface area contributed by atoms with E-state index >= 15 is 0 Å². The van der Waals surface area contributed by atoms with E-state index in [1.165, 1.54) is 6.33 Å². The third kappa shape index (κ3) is 2.73. The molecule has 0 spiro atoms. The Kier molecular flexibility index (Phi) is 4.21. The summed E-state index contributed by atoms with van der Waals surface area (Å²) in [6.07, 6.45) is 6.68. The first-order valence-electron chi connectivity index (χ1n) is 9.48. The zero-order valence-corrected chi connectivity index (χ0v) is 16.6. The molecule has 7 nitrogen and oxygen atoms in total. The molecule has 28 heavy (non-hydrogen) atoms. The average Bonchev–Trinajstić information content (AvgIpc) is 3.35. The van der Waals surface area contributed by atoms with Crippen LogP contribution in [0.25, 0.3) is 16.6 Å². The van der Waals surface area contributed by atoms with Crippen molar-refractivity contribution < 1.29 is 4.74 Å². The predicted molar refractivity (Wildman–Crippen MR) is 109 cm³/mol. The van der Waals surface area contributed by atoms with Gasteiger partial charge in [0.2, 0.25) is 0 Å². The zero-order chi connectivity index (χ0) is 19.3. The first-order chi connectivity index (χ1) is 13.6. The molecule has 144 valence electrons. The number of aryl methyl sites for hydroxylation is 2. The third-order valence-electron chi connectivity index (χ3n) is 5.35. The molecule has 1 N–H and O–H groups in total. The Hall–Kier alpha value is -2.64. The van der Waals surface area contributed by atoms with Crippen LogP contribution in [0.15, 0.2) is 30.7 Å². The zero-order valence-electron chi connectivity index (χ0n) is 15.8. The van der Waals surface area contributed by atoms with Crippen molar-refractivity contribution in [3.05, 3.63) is 47.0 Å². The standard InChI is InChI=1S/C20H21ClN6O/c1-12-6-7-16-14(10-23-27(16)17-5-3-4-8-28-17)18(12)25-19-15(21)9-13(2)26-20(19)22-11-24-26/h6-7,9-11,17,25H,3-5,8H2,1-2H3. The largest absolute Gasteiger partial charge is 0.356 e. The molecule has 1 aromatic carbocycles. The highest BCUT2D eigenvalue weighted by Gasteiger charge is 2.21. The summed E-state index contributed by atoms with van der Waals surface area (Å²) in [6.45, 7) is 4.81. The molecule has 0 bridgehead atoms. The average molecular weight is 397 g/mol. The van der Waals surface area contributed by atoms with E-state index in [4.69, 9.17) is 16.3 Å². The van der Waals surface area contributed by atoms with Gasteiger partial charge in [-0.15, -0.1) is 0 Å². The van der Waals surface area contributed by atoms with E-state index in [0.717, 1.165) is 59.4 Å². The van der Waals surface area contributed by atoms with Gasteiger partial charge in [0.05, 0.1) is 22.4 Å². The van der Waals surface area contributed by atoms with Crippen molar-refractivity contribution in [2.24, 2.45) is 0 Å². The fraction of sp³-hybridized carbons (Fsp3) is 0.350. The molecule has 0 radical (unpaired) electrons. The van der Waals surface area contributed by atoms with Crippen LogP contribution in [0.5, 0.6) is 0 Å². The van der Waals surface area contributed by atoms with Crippen molar-refractivity contribution >= 4 is 39.5 Å². The summed E-state index contributed by atoms with van der Waals surface area (Å²) in [5.41, 5.74) is 5.48. The van der Waals surface area contributed by atoms with E-state index in [1.807, 2.05) is 23.9 Å². The number of nitrogens with zero attached hydrogens (tertiary/aromatic N) is 5. The van der Waals surface area contributed by atoms with Crippen LogP contribution in [0.2, 0.25) is 5.02 Å². The van der Waals surface area contributed by atoms with Crippen molar-refractivity contribution in [1.82, 2.24) is 24.4 Å². The van der Waals surface area contributed by atoms with E-state index in [9.17, 15) is 0 Å². The highest BCUT2D eigenvalue weighted by molar-refractivity contribution is 6.34. The van der Waals surface area contributed by atoms with Crippen LogP contribution in [0.3, 0.4) is 0 Å². The van der Waals surface area contributed by atoms with E-state index in [2.05, 4.69) is 39.6 Å². The van der Waals surface area contributed by atoms with Crippen molar-refractivity contribution in [2.45, 2.75) is 39.3 Å². The highest BCUT2D eigenvalue weighted by Crippen LogP contribution is 2.36. The summed E-state index contributed by atoms with van der Waals surface area (Å²) in [5.74, 6) is 0. The summed E-state index contributed by atoms with van der Waals surface area (Å²) in [5, 5.41) is 14.1. The van der Waals surface area contributed by atoms with Gasteiger partial charge in [0.15, 0.2) is 11.9 Å². The molecule has 1 aliphatic rings. The minimum atomic E-state index is -0.00651. The topological polar surface area (TPSA) is 69.3 Å². The summed E-state index contributed by atoms with van der Waals surface area (Å²) in [7, 11) is 0. The summed E-state index contributed by atoms with van der Waals surface area (Å²) in [6, 6.07) is 6.08. The minimum absolute atomic E-state index is 0.00651. The number of benzene rings is 1. The number of anilines is 2. The number of halogens is 1. The lowest BCUT2D eigenvalue weighted by atomic mass is 10.1. The first kappa shape index (κ1) is 17.5. The van der Waals surface area contributed by atoms with Crippen LogP contribution in [0.4, 0.5) is 11.4 Å². The SMILES string of the molecule is Cc1ccc2c(cnn2C2CCCCO2)c1Nc1c(Cl)cc(C)n2ncnc12. The number of rotatable bonds is 3. The van der Waals surface area contributed by atoms with Crippen molar-refractivity contribution in [3.63, 3.8) is 0 Å². The number of hydrogen-bond acceptors (Lipinski definition) is 5. The van der Waals surface area contributed by atoms with Crippen LogP contribution in [0.1, 0.15) is 36.7 Å². The minimum Gasteiger partial charge on any atom is -0.356 e. The molecule has 1 aliphatic heterocycles. The smallest absolute Gasteiger partial charge is 0.180 e. The normalized spacial score (nSPS) is 17.5.